The number of aryl methyl sites for hydroxylation is 1. The van der Waals surface area contributed by atoms with Gasteiger partial charge in [-0.25, -0.2) is 0 Å². The molecule has 2 aromatic rings. The second kappa shape index (κ2) is 4.20. The van der Waals surface area contributed by atoms with Crippen molar-refractivity contribution >= 4 is 11.9 Å². The monoisotopic (exact) mass is 256 g/mol. The number of carbonyl (C=O) groups is 1. The van der Waals surface area contributed by atoms with Gasteiger partial charge in [0, 0.05) is 0 Å². The zero-order valence-electron chi connectivity index (χ0n) is 10.1. The summed E-state index contributed by atoms with van der Waals surface area (Å²) in [6.07, 6.45) is 1.54. The van der Waals surface area contributed by atoms with Crippen LogP contribution in [0.5, 0.6) is 0 Å². The van der Waals surface area contributed by atoms with Crippen LogP contribution < -0.4 is 10.4 Å². The molecule has 1 atom stereocenters. The van der Waals surface area contributed by atoms with E-state index in [2.05, 4.69) is 20.8 Å². The Balaban J connectivity index is 2.11. The topological polar surface area (TPSA) is 95.8 Å². The molecule has 1 aromatic heterocycles. The van der Waals surface area contributed by atoms with Crippen LogP contribution >= 0.6 is 0 Å². The molecule has 96 valence electrons. The van der Waals surface area contributed by atoms with Crippen LogP contribution in [0.3, 0.4) is 0 Å². The smallest absolute Gasteiger partial charge is 0.248 e. The van der Waals surface area contributed by atoms with Gasteiger partial charge in [-0.3, -0.25) is 0 Å². The van der Waals surface area contributed by atoms with Crippen molar-refractivity contribution in [3.63, 3.8) is 0 Å². The summed E-state index contributed by atoms with van der Waals surface area (Å²) in [5, 5.41) is 24.8. The second-order valence-electron chi connectivity index (χ2n) is 4.30. The molecule has 1 N–H and O–H groups in total. The van der Waals surface area contributed by atoms with Crippen LogP contribution in [0.25, 0.3) is 0 Å². The summed E-state index contributed by atoms with van der Waals surface area (Å²) in [7, 11) is 0. The van der Waals surface area contributed by atoms with Gasteiger partial charge in [0.25, 0.3) is 0 Å². The molecule has 7 nitrogen and oxygen atoms in total. The van der Waals surface area contributed by atoms with Crippen molar-refractivity contribution in [1.29, 1.82) is 0 Å². The molecule has 0 saturated carbocycles. The number of aliphatic carboxylic acids is 1. The lowest BCUT2D eigenvalue weighted by atomic mass is 10.0. The van der Waals surface area contributed by atoms with Crippen LogP contribution in [0, 0.1) is 6.92 Å². The maximum Gasteiger partial charge on any atom is 0.248 e. The molecule has 3 rings (SSSR count). The first-order valence-corrected chi connectivity index (χ1v) is 5.70. The highest BCUT2D eigenvalue weighted by Crippen LogP contribution is 2.27. The van der Waals surface area contributed by atoms with Crippen LogP contribution in [0.4, 0.5) is 5.95 Å². The Bertz CT molecular complexity index is 676. The molecule has 0 amide bonds. The molecule has 0 aliphatic carbocycles. The van der Waals surface area contributed by atoms with Gasteiger partial charge < -0.3 is 15.2 Å². The number of carboxylic acids is 1. The number of anilines is 1. The Morgan fingerprint density at radius 3 is 3.05 bits per heavy atom. The highest BCUT2D eigenvalue weighted by Gasteiger charge is 2.23. The maximum absolute atomic E-state index is 11.0. The van der Waals surface area contributed by atoms with Crippen molar-refractivity contribution in [1.82, 2.24) is 20.2 Å². The van der Waals surface area contributed by atoms with E-state index in [1.54, 1.807) is 0 Å². The number of carbonyl (C=O) groups excluding carboxylic acids is 1. The van der Waals surface area contributed by atoms with Crippen molar-refractivity contribution in [2.24, 2.45) is 0 Å². The minimum absolute atomic E-state index is 0.0335. The number of benzene rings is 1. The average Bonchev–Trinajstić information content (AvgIpc) is 2.85. The van der Waals surface area contributed by atoms with Crippen LogP contribution in [0.2, 0.25) is 0 Å². The van der Waals surface area contributed by atoms with Gasteiger partial charge in [0.1, 0.15) is 6.04 Å². The molecule has 7 heteroatoms. The molecule has 0 saturated heterocycles. The van der Waals surface area contributed by atoms with E-state index < -0.39 is 5.97 Å². The third-order valence-corrected chi connectivity index (χ3v) is 2.93. The number of carboxylic acid groups (broad SMARTS) is 1. The third kappa shape index (κ3) is 1.95. The van der Waals surface area contributed by atoms with Gasteiger partial charge in [0.15, 0.2) is 0 Å². The number of nitrogens with one attached hydrogen (secondary N) is 1. The van der Waals surface area contributed by atoms with E-state index in [0.29, 0.717) is 0 Å². The number of allylic oxidation sites excluding steroid dienone is 1. The molecular weight excluding hydrogens is 246 g/mol. The Labute approximate surface area is 108 Å². The van der Waals surface area contributed by atoms with Gasteiger partial charge in [0.05, 0.1) is 11.7 Å². The summed E-state index contributed by atoms with van der Waals surface area (Å²) in [5.74, 6) is -1.000. The molecule has 0 spiro atoms. The first-order chi connectivity index (χ1) is 9.15. The van der Waals surface area contributed by atoms with Gasteiger partial charge in [-0.15, -0.1) is 0 Å². The quantitative estimate of drug-likeness (QED) is 0.787. The minimum atomic E-state index is -1.29. The van der Waals surface area contributed by atoms with Crippen molar-refractivity contribution in [2.45, 2.75) is 13.0 Å². The van der Waals surface area contributed by atoms with E-state index in [4.69, 9.17) is 0 Å². The summed E-state index contributed by atoms with van der Waals surface area (Å²) in [6, 6.07) is 7.37. The number of hydrogen-bond acceptors (Lipinski definition) is 6. The normalized spacial score (nSPS) is 17.3. The number of rotatable bonds is 2. The number of fused-ring (bicyclic) bond motifs is 1. The fourth-order valence-corrected chi connectivity index (χ4v) is 2.06. The Morgan fingerprint density at radius 1 is 1.47 bits per heavy atom. The molecular formula is C12H10N5O2-. The van der Waals surface area contributed by atoms with Crippen molar-refractivity contribution in [3.05, 3.63) is 47.2 Å². The van der Waals surface area contributed by atoms with E-state index in [0.717, 1.165) is 11.1 Å². The summed E-state index contributed by atoms with van der Waals surface area (Å²) in [4.78, 5) is 11.0. The van der Waals surface area contributed by atoms with Gasteiger partial charge in [-0.1, -0.05) is 34.9 Å². The first-order valence-electron chi connectivity index (χ1n) is 5.70. The third-order valence-electron chi connectivity index (χ3n) is 2.93. The van der Waals surface area contributed by atoms with Crippen molar-refractivity contribution < 1.29 is 9.90 Å². The fourth-order valence-electron chi connectivity index (χ4n) is 2.06. The van der Waals surface area contributed by atoms with E-state index >= 15 is 0 Å². The highest BCUT2D eigenvalue weighted by molar-refractivity contribution is 5.88. The van der Waals surface area contributed by atoms with E-state index in [-0.39, 0.29) is 17.7 Å². The summed E-state index contributed by atoms with van der Waals surface area (Å²) >= 11 is 0. The van der Waals surface area contributed by atoms with Crippen LogP contribution in [0.15, 0.2) is 36.0 Å². The SMILES string of the molecule is Cc1cccc([C@@H]2C=C(C(=O)[O-])Nc3nnnn32)c1. The predicted octanol–water partition coefficient (Wildman–Crippen LogP) is -0.370. The molecule has 0 radical (unpaired) electrons. The molecule has 19 heavy (non-hydrogen) atoms. The van der Waals surface area contributed by atoms with E-state index in [1.807, 2.05) is 31.2 Å². The Morgan fingerprint density at radius 2 is 2.32 bits per heavy atom. The van der Waals surface area contributed by atoms with Gasteiger partial charge in [0.2, 0.25) is 5.95 Å². The molecule has 0 fully saturated rings. The number of nitrogens with zero attached hydrogens (tertiary/aromatic N) is 4. The number of aromatic nitrogens is 4. The molecule has 1 aliphatic rings. The zero-order chi connectivity index (χ0) is 13.4. The minimum Gasteiger partial charge on any atom is -0.543 e. The summed E-state index contributed by atoms with van der Waals surface area (Å²) in [6.45, 7) is 1.97. The lowest BCUT2D eigenvalue weighted by molar-refractivity contribution is -0.299. The summed E-state index contributed by atoms with van der Waals surface area (Å²) < 4.78 is 1.53. The molecule has 0 bridgehead atoms. The fraction of sp³-hybridized carbons (Fsp3) is 0.167. The molecule has 1 aromatic carbocycles. The van der Waals surface area contributed by atoms with Crippen LogP contribution in [-0.2, 0) is 4.79 Å². The van der Waals surface area contributed by atoms with Crippen molar-refractivity contribution in [2.75, 3.05) is 5.32 Å². The largest absolute Gasteiger partial charge is 0.543 e. The van der Waals surface area contributed by atoms with Crippen LogP contribution in [0.1, 0.15) is 17.2 Å². The van der Waals surface area contributed by atoms with Gasteiger partial charge in [-0.05, 0) is 29.0 Å². The summed E-state index contributed by atoms with van der Waals surface area (Å²) in [5.41, 5.74) is 1.96. The molecule has 1 aliphatic heterocycles. The van der Waals surface area contributed by atoms with Crippen molar-refractivity contribution in [3.8, 4) is 0 Å². The molecule has 2 heterocycles. The van der Waals surface area contributed by atoms with Gasteiger partial charge >= 0.3 is 0 Å². The first kappa shape index (κ1) is 11.4. The molecule has 0 unspecified atom stereocenters. The van der Waals surface area contributed by atoms with E-state index in [9.17, 15) is 9.90 Å². The lowest BCUT2D eigenvalue weighted by Crippen LogP contribution is -2.32. The lowest BCUT2D eigenvalue weighted by Gasteiger charge is -2.23. The second-order valence-corrected chi connectivity index (χ2v) is 4.30. The Kier molecular flexibility index (Phi) is 2.52. The number of hydrogen-bond donors (Lipinski definition) is 1. The zero-order valence-corrected chi connectivity index (χ0v) is 10.1. The predicted molar refractivity (Wildman–Crippen MR) is 63.8 cm³/mol. The Hall–Kier alpha value is -2.70. The standard InChI is InChI=1S/C12H11N5O2/c1-7-3-2-4-8(5-7)10-6-9(11(18)19)13-12-14-15-16-17(10)12/h2-6,10H,1H3,(H,18,19)(H,13,14,16)/p-1/t10-/m0/s1. The average molecular weight is 256 g/mol. The number of tetrazole rings is 1. The van der Waals surface area contributed by atoms with E-state index in [1.165, 1.54) is 10.8 Å². The van der Waals surface area contributed by atoms with Crippen LogP contribution in [-0.4, -0.2) is 26.2 Å². The highest BCUT2D eigenvalue weighted by atomic mass is 16.4. The van der Waals surface area contributed by atoms with Gasteiger partial charge in [-0.2, -0.15) is 4.68 Å². The maximum atomic E-state index is 11.0.